The number of H-pyrrole nitrogens is 1. The van der Waals surface area contributed by atoms with Gasteiger partial charge in [-0.15, -0.1) is 0 Å². The maximum atomic E-state index is 14.3. The third-order valence-electron chi connectivity index (χ3n) is 7.47. The van der Waals surface area contributed by atoms with Gasteiger partial charge in [0.2, 0.25) is 0 Å². The summed E-state index contributed by atoms with van der Waals surface area (Å²) in [6.45, 7) is 7.68. The van der Waals surface area contributed by atoms with Gasteiger partial charge in [-0.2, -0.15) is 0 Å². The van der Waals surface area contributed by atoms with Crippen LogP contribution in [-0.2, 0) is 9.53 Å². The molecule has 3 heterocycles. The fourth-order valence-electron chi connectivity index (χ4n) is 5.54. The normalized spacial score (nSPS) is 15.0. The number of carbonyl (C=O) groups is 1. The molecule has 0 saturated heterocycles. The molecule has 6 rings (SSSR count). The van der Waals surface area contributed by atoms with Gasteiger partial charge in [0.1, 0.15) is 11.5 Å². The lowest BCUT2D eigenvalue weighted by molar-refractivity contribution is -0.139. The molecule has 0 bridgehead atoms. The van der Waals surface area contributed by atoms with Crippen molar-refractivity contribution in [1.82, 2.24) is 9.55 Å². The molecule has 3 aromatic carbocycles. The standard InChI is InChI=1S/C35H33N3O5S/c1-6-42-34(40)30-21(4)36-35-38(32(30)23-12-14-24(15-13-23)43-20(2)3)33(39)29(44-35)19-27-26-18-25(41-5)16-17-28(26)37-31(27)22-10-8-7-9-11-22/h7-20,32,37H,6H2,1-5H3/b29-19-/t32-/m1/s1. The van der Waals surface area contributed by atoms with E-state index in [2.05, 4.69) is 4.98 Å². The van der Waals surface area contributed by atoms with Crippen LogP contribution in [0.15, 0.2) is 93.9 Å². The first-order valence-electron chi connectivity index (χ1n) is 14.5. The Labute approximate surface area is 258 Å². The molecule has 0 aliphatic carbocycles. The van der Waals surface area contributed by atoms with Crippen LogP contribution < -0.4 is 24.4 Å². The number of aromatic amines is 1. The van der Waals surface area contributed by atoms with E-state index in [-0.39, 0.29) is 18.3 Å². The quantitative estimate of drug-likeness (QED) is 0.227. The first-order valence-corrected chi connectivity index (χ1v) is 15.3. The van der Waals surface area contributed by atoms with Gasteiger partial charge in [-0.05, 0) is 75.2 Å². The maximum absolute atomic E-state index is 14.3. The number of methoxy groups -OCH3 is 1. The van der Waals surface area contributed by atoms with Crippen LogP contribution in [0.3, 0.4) is 0 Å². The minimum absolute atomic E-state index is 0.0148. The summed E-state index contributed by atoms with van der Waals surface area (Å²) in [6.07, 6.45) is 1.92. The highest BCUT2D eigenvalue weighted by molar-refractivity contribution is 7.07. The van der Waals surface area contributed by atoms with Crippen molar-refractivity contribution in [3.05, 3.63) is 115 Å². The molecule has 0 amide bonds. The monoisotopic (exact) mass is 607 g/mol. The molecular weight excluding hydrogens is 574 g/mol. The van der Waals surface area contributed by atoms with Crippen LogP contribution in [0.5, 0.6) is 11.5 Å². The van der Waals surface area contributed by atoms with Crippen LogP contribution in [0.1, 0.15) is 44.9 Å². The van der Waals surface area contributed by atoms with Crippen LogP contribution in [0, 0.1) is 0 Å². The number of carbonyl (C=O) groups excluding carboxylic acids is 1. The van der Waals surface area contributed by atoms with Crippen molar-refractivity contribution in [2.24, 2.45) is 4.99 Å². The minimum Gasteiger partial charge on any atom is -0.497 e. The number of rotatable bonds is 8. The lowest BCUT2D eigenvalue weighted by Crippen LogP contribution is -2.39. The number of allylic oxidation sites excluding steroid dienone is 1. The van der Waals surface area contributed by atoms with Crippen molar-refractivity contribution in [2.75, 3.05) is 13.7 Å². The van der Waals surface area contributed by atoms with E-state index in [4.69, 9.17) is 19.2 Å². The molecule has 0 fully saturated rings. The van der Waals surface area contributed by atoms with Crippen molar-refractivity contribution < 1.29 is 19.0 Å². The average Bonchev–Trinajstić information content (AvgIpc) is 3.53. The van der Waals surface area contributed by atoms with E-state index in [1.54, 1.807) is 25.5 Å². The Balaban J connectivity index is 1.58. The van der Waals surface area contributed by atoms with Crippen molar-refractivity contribution in [2.45, 2.75) is 39.8 Å². The molecule has 0 radical (unpaired) electrons. The molecule has 1 atom stereocenters. The third-order valence-corrected chi connectivity index (χ3v) is 8.45. The van der Waals surface area contributed by atoms with Crippen LogP contribution in [0.4, 0.5) is 0 Å². The van der Waals surface area contributed by atoms with Gasteiger partial charge in [-0.25, -0.2) is 9.79 Å². The van der Waals surface area contributed by atoms with E-state index in [1.165, 1.54) is 11.3 Å². The molecule has 1 N–H and O–H groups in total. The number of nitrogens with zero attached hydrogens (tertiary/aromatic N) is 2. The van der Waals surface area contributed by atoms with E-state index in [9.17, 15) is 9.59 Å². The lowest BCUT2D eigenvalue weighted by Gasteiger charge is -2.25. The molecule has 8 nitrogen and oxygen atoms in total. The van der Waals surface area contributed by atoms with E-state index < -0.39 is 12.0 Å². The largest absolute Gasteiger partial charge is 0.497 e. The topological polar surface area (TPSA) is 94.9 Å². The highest BCUT2D eigenvalue weighted by Gasteiger charge is 2.33. The first-order chi connectivity index (χ1) is 21.3. The minimum atomic E-state index is -0.711. The number of ether oxygens (including phenoxy) is 3. The molecule has 5 aromatic rings. The number of benzene rings is 3. The van der Waals surface area contributed by atoms with Gasteiger partial charge in [0.15, 0.2) is 4.80 Å². The summed E-state index contributed by atoms with van der Waals surface area (Å²) in [5, 5.41) is 0.926. The summed E-state index contributed by atoms with van der Waals surface area (Å²) < 4.78 is 18.9. The molecule has 0 spiro atoms. The zero-order chi connectivity index (χ0) is 31.0. The molecule has 44 heavy (non-hydrogen) atoms. The third kappa shape index (κ3) is 5.35. The Hall–Kier alpha value is -4.89. The van der Waals surface area contributed by atoms with Crippen molar-refractivity contribution in [3.63, 3.8) is 0 Å². The average molecular weight is 608 g/mol. The van der Waals surface area contributed by atoms with Crippen LogP contribution >= 0.6 is 11.3 Å². The zero-order valence-electron chi connectivity index (χ0n) is 25.2. The fourth-order valence-corrected chi connectivity index (χ4v) is 6.57. The molecular formula is C35H33N3O5S. The van der Waals surface area contributed by atoms with Gasteiger partial charge in [0, 0.05) is 16.5 Å². The van der Waals surface area contributed by atoms with E-state index >= 15 is 0 Å². The Bertz CT molecular complexity index is 2070. The highest BCUT2D eigenvalue weighted by Crippen LogP contribution is 2.34. The second-order valence-corrected chi connectivity index (χ2v) is 11.7. The summed E-state index contributed by atoms with van der Waals surface area (Å²) in [5.41, 5.74) is 5.04. The number of aromatic nitrogens is 2. The second-order valence-electron chi connectivity index (χ2n) is 10.7. The molecule has 1 aliphatic heterocycles. The lowest BCUT2D eigenvalue weighted by atomic mass is 9.96. The van der Waals surface area contributed by atoms with Gasteiger partial charge in [0.25, 0.3) is 5.56 Å². The molecule has 1 aliphatic rings. The Kier molecular flexibility index (Phi) is 7.97. The predicted molar refractivity (Wildman–Crippen MR) is 173 cm³/mol. The van der Waals surface area contributed by atoms with Crippen LogP contribution in [0.25, 0.3) is 28.2 Å². The summed E-state index contributed by atoms with van der Waals surface area (Å²) >= 11 is 1.30. The zero-order valence-corrected chi connectivity index (χ0v) is 26.0. The highest BCUT2D eigenvalue weighted by atomic mass is 32.1. The number of thiazole rings is 1. The van der Waals surface area contributed by atoms with Crippen molar-refractivity contribution in [1.29, 1.82) is 0 Å². The molecule has 0 saturated carbocycles. The SMILES string of the molecule is CCOC(=O)C1=C(C)N=c2s/c(=C\c3c(-c4ccccc4)[nH]c4ccc(OC)cc34)c(=O)n2[C@@H]1c1ccc(OC(C)C)cc1. The number of esters is 1. The Morgan fingerprint density at radius 2 is 1.80 bits per heavy atom. The van der Waals surface area contributed by atoms with Gasteiger partial charge in [-0.1, -0.05) is 53.8 Å². The number of fused-ring (bicyclic) bond motifs is 2. The van der Waals surface area contributed by atoms with E-state index in [0.29, 0.717) is 32.1 Å². The Morgan fingerprint density at radius 3 is 2.48 bits per heavy atom. The first kappa shape index (κ1) is 29.2. The maximum Gasteiger partial charge on any atom is 0.338 e. The smallest absolute Gasteiger partial charge is 0.338 e. The summed E-state index contributed by atoms with van der Waals surface area (Å²) in [4.78, 5) is 36.4. The van der Waals surface area contributed by atoms with Crippen LogP contribution in [0.2, 0.25) is 0 Å². The second kappa shape index (κ2) is 12.0. The van der Waals surface area contributed by atoms with E-state index in [1.807, 2.05) is 92.7 Å². The Morgan fingerprint density at radius 1 is 1.07 bits per heavy atom. The number of hydrogen-bond acceptors (Lipinski definition) is 7. The van der Waals surface area contributed by atoms with E-state index in [0.717, 1.165) is 33.3 Å². The summed E-state index contributed by atoms with van der Waals surface area (Å²) in [7, 11) is 1.63. The van der Waals surface area contributed by atoms with Gasteiger partial charge in [0.05, 0.1) is 47.4 Å². The molecule has 0 unspecified atom stereocenters. The van der Waals surface area contributed by atoms with Crippen LogP contribution in [-0.4, -0.2) is 35.3 Å². The van der Waals surface area contributed by atoms with Crippen molar-refractivity contribution >= 4 is 34.3 Å². The van der Waals surface area contributed by atoms with Gasteiger partial charge < -0.3 is 19.2 Å². The fraction of sp³-hybridized carbons (Fsp3) is 0.229. The summed E-state index contributed by atoms with van der Waals surface area (Å²) in [6, 6.07) is 22.6. The molecule has 9 heteroatoms. The predicted octanol–water partition coefficient (Wildman–Crippen LogP) is 5.74. The molecule has 2 aromatic heterocycles. The van der Waals surface area contributed by atoms with Gasteiger partial charge in [-0.3, -0.25) is 9.36 Å². The number of hydrogen-bond donors (Lipinski definition) is 1. The van der Waals surface area contributed by atoms with Crippen molar-refractivity contribution in [3.8, 4) is 22.8 Å². The van der Waals surface area contributed by atoms with Gasteiger partial charge >= 0.3 is 5.97 Å². The summed E-state index contributed by atoms with van der Waals surface area (Å²) in [5.74, 6) is 0.926. The number of nitrogens with one attached hydrogen (secondary N) is 1. The molecule has 224 valence electrons.